The molecule has 17 heavy (non-hydrogen) atoms. The minimum atomic E-state index is 0.0200. The lowest BCUT2D eigenvalue weighted by molar-refractivity contribution is 0.716. The molecule has 1 atom stereocenters. The highest BCUT2D eigenvalue weighted by atomic mass is 79.9. The third-order valence-electron chi connectivity index (χ3n) is 2.76. The molecular formula is C13H15BrN2S. The molecule has 2 aromatic rings. The Bertz CT molecular complexity index is 485. The second kappa shape index (κ2) is 5.29. The normalized spacial score (nSPS) is 12.7. The molecule has 0 aliphatic carbocycles. The summed E-state index contributed by atoms with van der Waals surface area (Å²) in [6.45, 7) is 4.19. The van der Waals surface area contributed by atoms with Gasteiger partial charge in [0.1, 0.15) is 0 Å². The van der Waals surface area contributed by atoms with E-state index in [2.05, 4.69) is 46.9 Å². The molecule has 1 unspecified atom stereocenters. The fourth-order valence-corrected chi connectivity index (χ4v) is 2.76. The number of rotatable bonds is 3. The Kier molecular flexibility index (Phi) is 3.97. The van der Waals surface area contributed by atoms with E-state index >= 15 is 0 Å². The first kappa shape index (κ1) is 12.7. The van der Waals surface area contributed by atoms with Crippen LogP contribution in [0.5, 0.6) is 0 Å². The zero-order valence-corrected chi connectivity index (χ0v) is 12.3. The van der Waals surface area contributed by atoms with Gasteiger partial charge in [0.05, 0.1) is 5.01 Å². The third kappa shape index (κ3) is 2.94. The molecule has 0 fully saturated rings. The van der Waals surface area contributed by atoms with Gasteiger partial charge in [-0.1, -0.05) is 28.1 Å². The number of hydrogen-bond donors (Lipinski definition) is 1. The highest BCUT2D eigenvalue weighted by molar-refractivity contribution is 9.10. The Morgan fingerprint density at radius 3 is 2.53 bits per heavy atom. The van der Waals surface area contributed by atoms with Gasteiger partial charge in [-0.15, -0.1) is 11.3 Å². The van der Waals surface area contributed by atoms with Crippen LogP contribution in [0.3, 0.4) is 0 Å². The summed E-state index contributed by atoms with van der Waals surface area (Å²) in [7, 11) is 0. The van der Waals surface area contributed by atoms with E-state index in [-0.39, 0.29) is 6.04 Å². The lowest BCUT2D eigenvalue weighted by Crippen LogP contribution is -2.13. The molecule has 0 aliphatic heterocycles. The van der Waals surface area contributed by atoms with E-state index in [9.17, 15) is 0 Å². The van der Waals surface area contributed by atoms with Gasteiger partial charge in [0, 0.05) is 28.5 Å². The largest absolute Gasteiger partial charge is 0.324 e. The molecule has 90 valence electrons. The minimum Gasteiger partial charge on any atom is -0.324 e. The lowest BCUT2D eigenvalue weighted by atomic mass is 10.00. The lowest BCUT2D eigenvalue weighted by Gasteiger charge is -2.14. The number of hydrogen-bond acceptors (Lipinski definition) is 3. The SMILES string of the molecule is Cc1cc(C(N)Cc2nccs2)cc(C)c1Br. The van der Waals surface area contributed by atoms with E-state index in [0.29, 0.717) is 0 Å². The van der Waals surface area contributed by atoms with Gasteiger partial charge in [-0.25, -0.2) is 4.98 Å². The molecule has 2 nitrogen and oxygen atoms in total. The molecule has 0 aliphatic rings. The molecule has 1 heterocycles. The molecule has 0 bridgehead atoms. The van der Waals surface area contributed by atoms with Gasteiger partial charge in [0.2, 0.25) is 0 Å². The van der Waals surface area contributed by atoms with Gasteiger partial charge in [0.15, 0.2) is 0 Å². The standard InChI is InChI=1S/C13H15BrN2S/c1-8-5-10(6-9(2)13(8)14)11(15)7-12-16-3-4-17-12/h3-6,11H,7,15H2,1-2H3. The number of aryl methyl sites for hydroxylation is 2. The van der Waals surface area contributed by atoms with Crippen molar-refractivity contribution in [3.63, 3.8) is 0 Å². The Balaban J connectivity index is 2.22. The number of nitrogens with two attached hydrogens (primary N) is 1. The first-order valence-electron chi connectivity index (χ1n) is 5.48. The molecule has 0 amide bonds. The number of aromatic nitrogens is 1. The van der Waals surface area contributed by atoms with Gasteiger partial charge in [-0.2, -0.15) is 0 Å². The van der Waals surface area contributed by atoms with Crippen molar-refractivity contribution in [3.05, 3.63) is 49.9 Å². The average Bonchev–Trinajstić information content (AvgIpc) is 2.77. The van der Waals surface area contributed by atoms with E-state index in [1.807, 2.05) is 11.6 Å². The second-order valence-electron chi connectivity index (χ2n) is 4.21. The van der Waals surface area contributed by atoms with E-state index in [1.54, 1.807) is 11.3 Å². The summed E-state index contributed by atoms with van der Waals surface area (Å²) in [5.74, 6) is 0. The van der Waals surface area contributed by atoms with E-state index in [0.717, 1.165) is 11.4 Å². The maximum absolute atomic E-state index is 6.23. The van der Waals surface area contributed by atoms with Gasteiger partial charge in [0.25, 0.3) is 0 Å². The van der Waals surface area contributed by atoms with Crippen molar-refractivity contribution in [1.29, 1.82) is 0 Å². The summed E-state index contributed by atoms with van der Waals surface area (Å²) in [5, 5.41) is 3.08. The van der Waals surface area contributed by atoms with Crippen molar-refractivity contribution >= 4 is 27.3 Å². The van der Waals surface area contributed by atoms with Crippen molar-refractivity contribution in [2.45, 2.75) is 26.3 Å². The summed E-state index contributed by atoms with van der Waals surface area (Å²) >= 11 is 5.23. The maximum atomic E-state index is 6.23. The molecular weight excluding hydrogens is 296 g/mol. The molecule has 0 saturated heterocycles. The van der Waals surface area contributed by atoms with Crippen LogP contribution in [-0.2, 0) is 6.42 Å². The van der Waals surface area contributed by atoms with Crippen LogP contribution in [0.15, 0.2) is 28.2 Å². The van der Waals surface area contributed by atoms with Crippen molar-refractivity contribution in [2.75, 3.05) is 0 Å². The van der Waals surface area contributed by atoms with Crippen LogP contribution < -0.4 is 5.73 Å². The van der Waals surface area contributed by atoms with Gasteiger partial charge >= 0.3 is 0 Å². The molecule has 0 radical (unpaired) electrons. The number of halogens is 1. The Morgan fingerprint density at radius 1 is 1.35 bits per heavy atom. The van der Waals surface area contributed by atoms with Gasteiger partial charge < -0.3 is 5.73 Å². The number of benzene rings is 1. The summed E-state index contributed by atoms with van der Waals surface area (Å²) < 4.78 is 1.17. The highest BCUT2D eigenvalue weighted by Gasteiger charge is 2.11. The van der Waals surface area contributed by atoms with Crippen molar-refractivity contribution in [2.24, 2.45) is 5.73 Å². The summed E-state index contributed by atoms with van der Waals surface area (Å²) in [4.78, 5) is 4.27. The Hall–Kier alpha value is -0.710. The van der Waals surface area contributed by atoms with E-state index in [1.165, 1.54) is 21.2 Å². The number of nitrogens with zero attached hydrogens (tertiary/aromatic N) is 1. The zero-order chi connectivity index (χ0) is 12.4. The van der Waals surface area contributed by atoms with E-state index in [4.69, 9.17) is 5.73 Å². The molecule has 1 aromatic heterocycles. The Morgan fingerprint density at radius 2 is 2.00 bits per heavy atom. The quantitative estimate of drug-likeness (QED) is 0.937. The second-order valence-corrected chi connectivity index (χ2v) is 5.98. The zero-order valence-electron chi connectivity index (χ0n) is 9.90. The fraction of sp³-hybridized carbons (Fsp3) is 0.308. The van der Waals surface area contributed by atoms with Crippen LogP contribution in [-0.4, -0.2) is 4.98 Å². The number of thiazole rings is 1. The first-order chi connectivity index (χ1) is 8.08. The van der Waals surface area contributed by atoms with Crippen LogP contribution in [0.4, 0.5) is 0 Å². The smallest absolute Gasteiger partial charge is 0.0943 e. The van der Waals surface area contributed by atoms with Gasteiger partial charge in [-0.3, -0.25) is 0 Å². The van der Waals surface area contributed by atoms with Crippen molar-refractivity contribution in [3.8, 4) is 0 Å². The topological polar surface area (TPSA) is 38.9 Å². The van der Waals surface area contributed by atoms with Gasteiger partial charge in [-0.05, 0) is 30.5 Å². The monoisotopic (exact) mass is 310 g/mol. The minimum absolute atomic E-state index is 0.0200. The molecule has 2 rings (SSSR count). The maximum Gasteiger partial charge on any atom is 0.0943 e. The molecule has 0 saturated carbocycles. The summed E-state index contributed by atoms with van der Waals surface area (Å²) in [5.41, 5.74) is 9.87. The van der Waals surface area contributed by atoms with Crippen LogP contribution >= 0.6 is 27.3 Å². The third-order valence-corrected chi connectivity index (χ3v) is 4.82. The predicted octanol–water partition coefficient (Wildman–Crippen LogP) is 3.76. The average molecular weight is 311 g/mol. The van der Waals surface area contributed by atoms with Crippen molar-refractivity contribution < 1.29 is 0 Å². The van der Waals surface area contributed by atoms with Crippen LogP contribution in [0.25, 0.3) is 0 Å². The van der Waals surface area contributed by atoms with E-state index < -0.39 is 0 Å². The molecule has 2 N–H and O–H groups in total. The van der Waals surface area contributed by atoms with Crippen LogP contribution in [0, 0.1) is 13.8 Å². The Labute approximate surface area is 114 Å². The highest BCUT2D eigenvalue weighted by Crippen LogP contribution is 2.26. The first-order valence-corrected chi connectivity index (χ1v) is 7.16. The van der Waals surface area contributed by atoms with Crippen LogP contribution in [0.2, 0.25) is 0 Å². The van der Waals surface area contributed by atoms with Crippen molar-refractivity contribution in [1.82, 2.24) is 4.98 Å². The fourth-order valence-electron chi connectivity index (χ4n) is 1.85. The molecule has 1 aromatic carbocycles. The molecule has 4 heteroatoms. The predicted molar refractivity (Wildman–Crippen MR) is 76.4 cm³/mol. The summed E-state index contributed by atoms with van der Waals surface area (Å²) in [6, 6.07) is 4.32. The molecule has 0 spiro atoms. The summed E-state index contributed by atoms with van der Waals surface area (Å²) in [6.07, 6.45) is 2.63. The van der Waals surface area contributed by atoms with Crippen LogP contribution in [0.1, 0.15) is 27.7 Å².